The highest BCUT2D eigenvalue weighted by molar-refractivity contribution is 9.10. The number of hydrogen-bond acceptors (Lipinski definition) is 3. The third-order valence-corrected chi connectivity index (χ3v) is 3.22. The van der Waals surface area contributed by atoms with Crippen molar-refractivity contribution in [3.05, 3.63) is 34.2 Å². The zero-order valence-corrected chi connectivity index (χ0v) is 11.0. The van der Waals surface area contributed by atoms with Crippen LogP contribution in [0.5, 0.6) is 0 Å². The van der Waals surface area contributed by atoms with E-state index < -0.39 is 0 Å². The van der Waals surface area contributed by atoms with Crippen molar-refractivity contribution < 1.29 is 4.39 Å². The Morgan fingerprint density at radius 2 is 2.24 bits per heavy atom. The molecule has 0 aliphatic carbocycles. The van der Waals surface area contributed by atoms with Crippen LogP contribution in [0, 0.1) is 5.82 Å². The number of nitrogens with one attached hydrogen (secondary N) is 1. The molecule has 90 valence electrons. The molecule has 0 saturated heterocycles. The van der Waals surface area contributed by atoms with Crippen LogP contribution >= 0.6 is 15.9 Å². The van der Waals surface area contributed by atoms with Gasteiger partial charge in [0.2, 0.25) is 0 Å². The minimum Gasteiger partial charge on any atom is -0.323 e. The average molecular weight is 298 g/mol. The lowest BCUT2D eigenvalue weighted by molar-refractivity contribution is 0.639. The highest BCUT2D eigenvalue weighted by atomic mass is 79.9. The molecule has 1 heterocycles. The molecule has 0 saturated carbocycles. The van der Waals surface area contributed by atoms with Crippen LogP contribution in [-0.4, -0.2) is 4.98 Å². The van der Waals surface area contributed by atoms with Crippen LogP contribution in [0.15, 0.2) is 22.7 Å². The predicted octanol–water partition coefficient (Wildman–Crippen LogP) is 3.37. The number of fused-ring (bicyclic) bond motifs is 1. The minimum absolute atomic E-state index is 0.327. The Morgan fingerprint density at radius 1 is 1.47 bits per heavy atom. The topological polar surface area (TPSA) is 50.9 Å². The molecule has 0 aliphatic rings. The zero-order valence-electron chi connectivity index (χ0n) is 9.43. The Balaban J connectivity index is 2.77. The second-order valence-electron chi connectivity index (χ2n) is 3.81. The number of anilines is 1. The van der Waals surface area contributed by atoms with Crippen LogP contribution in [0.3, 0.4) is 0 Å². The van der Waals surface area contributed by atoms with Gasteiger partial charge in [-0.05, 0) is 40.5 Å². The highest BCUT2D eigenvalue weighted by Crippen LogP contribution is 2.30. The van der Waals surface area contributed by atoms with Crippen molar-refractivity contribution in [2.75, 3.05) is 5.43 Å². The van der Waals surface area contributed by atoms with Crippen LogP contribution < -0.4 is 11.3 Å². The average Bonchev–Trinajstić information content (AvgIpc) is 2.33. The lowest BCUT2D eigenvalue weighted by Gasteiger charge is -2.10. The smallest absolute Gasteiger partial charge is 0.134 e. The molecule has 0 aliphatic heterocycles. The first-order valence-corrected chi connectivity index (χ1v) is 6.21. The number of benzene rings is 1. The van der Waals surface area contributed by atoms with Gasteiger partial charge in [-0.3, -0.25) is 10.8 Å². The van der Waals surface area contributed by atoms with Gasteiger partial charge in [-0.15, -0.1) is 0 Å². The van der Waals surface area contributed by atoms with Crippen LogP contribution in [0.4, 0.5) is 10.1 Å². The van der Waals surface area contributed by atoms with E-state index in [0.717, 1.165) is 23.0 Å². The van der Waals surface area contributed by atoms with Crippen molar-refractivity contribution in [1.82, 2.24) is 4.98 Å². The van der Waals surface area contributed by atoms with Gasteiger partial charge < -0.3 is 5.43 Å². The molecule has 17 heavy (non-hydrogen) atoms. The van der Waals surface area contributed by atoms with Crippen molar-refractivity contribution in [3.63, 3.8) is 0 Å². The molecule has 2 aromatic rings. The van der Waals surface area contributed by atoms with E-state index in [9.17, 15) is 4.39 Å². The number of nitrogens with zero attached hydrogens (tertiary/aromatic N) is 1. The van der Waals surface area contributed by atoms with E-state index in [-0.39, 0.29) is 5.82 Å². The first-order valence-electron chi connectivity index (χ1n) is 5.41. The maximum atomic E-state index is 13.8. The van der Waals surface area contributed by atoms with Crippen molar-refractivity contribution in [3.8, 4) is 0 Å². The molecule has 0 amide bonds. The fourth-order valence-electron chi connectivity index (χ4n) is 1.82. The summed E-state index contributed by atoms with van der Waals surface area (Å²) >= 11 is 3.38. The Morgan fingerprint density at radius 3 is 2.88 bits per heavy atom. The van der Waals surface area contributed by atoms with Crippen LogP contribution in [0.1, 0.15) is 19.0 Å². The first-order chi connectivity index (χ1) is 8.17. The molecule has 0 bridgehead atoms. The minimum atomic E-state index is -0.327. The predicted molar refractivity (Wildman–Crippen MR) is 71.2 cm³/mol. The van der Waals surface area contributed by atoms with E-state index >= 15 is 0 Å². The fraction of sp³-hybridized carbons (Fsp3) is 0.250. The second-order valence-corrected chi connectivity index (χ2v) is 4.66. The third-order valence-electron chi connectivity index (χ3n) is 2.58. The number of hydrogen-bond donors (Lipinski definition) is 2. The molecule has 3 nitrogen and oxygen atoms in total. The quantitative estimate of drug-likeness (QED) is 0.674. The van der Waals surface area contributed by atoms with Crippen molar-refractivity contribution in [2.45, 2.75) is 19.8 Å². The van der Waals surface area contributed by atoms with E-state index in [2.05, 4.69) is 33.3 Å². The largest absolute Gasteiger partial charge is 0.323 e. The number of aromatic nitrogens is 1. The molecule has 5 heteroatoms. The molecule has 3 N–H and O–H groups in total. The summed E-state index contributed by atoms with van der Waals surface area (Å²) in [5, 5.41) is 0.418. The van der Waals surface area contributed by atoms with Gasteiger partial charge in [-0.1, -0.05) is 13.3 Å². The number of nitrogen functional groups attached to an aromatic ring is 1. The molecular weight excluding hydrogens is 285 g/mol. The highest BCUT2D eigenvalue weighted by Gasteiger charge is 2.12. The molecule has 0 radical (unpaired) electrons. The van der Waals surface area contributed by atoms with E-state index in [0.29, 0.717) is 16.6 Å². The van der Waals surface area contributed by atoms with Crippen LogP contribution in [-0.2, 0) is 6.42 Å². The number of nitrogens with two attached hydrogens (primary N) is 1. The van der Waals surface area contributed by atoms with Crippen molar-refractivity contribution in [1.29, 1.82) is 0 Å². The number of aryl methyl sites for hydroxylation is 1. The lowest BCUT2D eigenvalue weighted by atomic mass is 10.1. The normalized spacial score (nSPS) is 10.8. The summed E-state index contributed by atoms with van der Waals surface area (Å²) in [6.07, 6.45) is 1.82. The molecule has 0 fully saturated rings. The van der Waals surface area contributed by atoms with Gasteiger partial charge in [-0.25, -0.2) is 4.39 Å². The Labute approximate surface area is 107 Å². The van der Waals surface area contributed by atoms with E-state index in [4.69, 9.17) is 5.84 Å². The molecule has 0 spiro atoms. The Hall–Kier alpha value is -1.20. The van der Waals surface area contributed by atoms with Crippen molar-refractivity contribution in [2.24, 2.45) is 5.84 Å². The summed E-state index contributed by atoms with van der Waals surface area (Å²) in [5.74, 6) is 5.11. The van der Waals surface area contributed by atoms with E-state index in [1.807, 2.05) is 0 Å². The summed E-state index contributed by atoms with van der Waals surface area (Å²) < 4.78 is 14.5. The maximum Gasteiger partial charge on any atom is 0.134 e. The number of rotatable bonds is 3. The van der Waals surface area contributed by atoms with Gasteiger partial charge in [0, 0.05) is 10.2 Å². The monoisotopic (exact) mass is 297 g/mol. The van der Waals surface area contributed by atoms with Gasteiger partial charge in [-0.2, -0.15) is 0 Å². The van der Waals surface area contributed by atoms with Crippen LogP contribution in [0.25, 0.3) is 10.9 Å². The summed E-state index contributed by atoms with van der Waals surface area (Å²) in [6.45, 7) is 2.07. The van der Waals surface area contributed by atoms with E-state index in [1.54, 1.807) is 12.1 Å². The Kier molecular flexibility index (Phi) is 3.59. The first kappa shape index (κ1) is 12.3. The summed E-state index contributed by atoms with van der Waals surface area (Å²) in [7, 11) is 0. The summed E-state index contributed by atoms with van der Waals surface area (Å²) in [5.41, 5.74) is 4.61. The van der Waals surface area contributed by atoms with Gasteiger partial charge in [0.15, 0.2) is 0 Å². The molecule has 1 aromatic heterocycles. The lowest BCUT2D eigenvalue weighted by Crippen LogP contribution is -2.09. The zero-order chi connectivity index (χ0) is 12.4. The maximum absolute atomic E-state index is 13.8. The molecule has 1 aromatic carbocycles. The number of pyridine rings is 1. The van der Waals surface area contributed by atoms with Gasteiger partial charge in [0.1, 0.15) is 5.82 Å². The van der Waals surface area contributed by atoms with Gasteiger partial charge >= 0.3 is 0 Å². The third kappa shape index (κ3) is 2.25. The summed E-state index contributed by atoms with van der Waals surface area (Å²) in [6, 6.07) is 4.84. The SMILES string of the molecule is CCCc1cc(NN)c2c(F)ccc(Br)c2n1. The Bertz CT molecular complexity index is 557. The molecule has 0 unspecified atom stereocenters. The summed E-state index contributed by atoms with van der Waals surface area (Å²) in [4.78, 5) is 4.45. The fourth-order valence-corrected chi connectivity index (χ4v) is 2.24. The van der Waals surface area contributed by atoms with E-state index in [1.165, 1.54) is 6.07 Å². The van der Waals surface area contributed by atoms with Gasteiger partial charge in [0.05, 0.1) is 16.6 Å². The number of hydrazine groups is 1. The molecular formula is C12H13BrFN3. The van der Waals surface area contributed by atoms with Crippen LogP contribution in [0.2, 0.25) is 0 Å². The van der Waals surface area contributed by atoms with Gasteiger partial charge in [0.25, 0.3) is 0 Å². The molecule has 2 rings (SSSR count). The van der Waals surface area contributed by atoms with Crippen molar-refractivity contribution >= 4 is 32.5 Å². The molecule has 0 atom stereocenters. The second kappa shape index (κ2) is 4.98. The number of halogens is 2. The standard InChI is InChI=1S/C12H13BrFN3/c1-2-3-7-6-10(17-15)11-9(14)5-4-8(13)12(11)16-7/h4-6H,2-3,15H2,1H3,(H,16,17).